The van der Waals surface area contributed by atoms with Gasteiger partial charge in [0.2, 0.25) is 5.91 Å². The second-order valence-corrected chi connectivity index (χ2v) is 15.6. The van der Waals surface area contributed by atoms with Gasteiger partial charge >= 0.3 is 7.82 Å². The summed E-state index contributed by atoms with van der Waals surface area (Å²) in [5.74, 6) is -0.276. The maximum atomic E-state index is 12.8. The van der Waals surface area contributed by atoms with Crippen molar-refractivity contribution in [3.8, 4) is 0 Å². The molecular formula is C42H74N2O7P+. The minimum atomic E-state index is -4.37. The van der Waals surface area contributed by atoms with Crippen LogP contribution in [-0.4, -0.2) is 84.6 Å². The minimum Gasteiger partial charge on any atom is -0.389 e. The highest BCUT2D eigenvalue weighted by molar-refractivity contribution is 7.47. The zero-order valence-electron chi connectivity index (χ0n) is 33.1. The van der Waals surface area contributed by atoms with Gasteiger partial charge in [0.15, 0.2) is 0 Å². The minimum absolute atomic E-state index is 0.0295. The Morgan fingerprint density at radius 3 is 2.12 bits per heavy atom. The molecule has 4 atom stereocenters. The number of phosphoric acid groups is 1. The fourth-order valence-corrected chi connectivity index (χ4v) is 5.50. The van der Waals surface area contributed by atoms with Crippen molar-refractivity contribution < 1.29 is 38.0 Å². The first-order valence-corrected chi connectivity index (χ1v) is 21.1. The van der Waals surface area contributed by atoms with Crippen LogP contribution < -0.4 is 5.32 Å². The molecule has 0 aromatic rings. The lowest BCUT2D eigenvalue weighted by Gasteiger charge is -2.25. The molecule has 0 aliphatic carbocycles. The Morgan fingerprint density at radius 2 is 1.37 bits per heavy atom. The number of rotatable bonds is 33. The van der Waals surface area contributed by atoms with Crippen LogP contribution in [0.5, 0.6) is 0 Å². The topological polar surface area (TPSA) is 125 Å². The van der Waals surface area contributed by atoms with Gasteiger partial charge in [0.1, 0.15) is 13.2 Å². The lowest BCUT2D eigenvalue weighted by molar-refractivity contribution is -0.870. The van der Waals surface area contributed by atoms with Crippen LogP contribution in [0.4, 0.5) is 0 Å². The van der Waals surface area contributed by atoms with Crippen molar-refractivity contribution in [1.29, 1.82) is 0 Å². The van der Waals surface area contributed by atoms with Crippen LogP contribution in [0.2, 0.25) is 0 Å². The third-order valence-corrected chi connectivity index (χ3v) is 8.91. The third-order valence-electron chi connectivity index (χ3n) is 7.93. The van der Waals surface area contributed by atoms with E-state index in [2.05, 4.69) is 49.5 Å². The molecule has 0 spiro atoms. The van der Waals surface area contributed by atoms with Gasteiger partial charge in [-0.2, -0.15) is 0 Å². The Hall–Kier alpha value is -2.36. The number of nitrogens with one attached hydrogen (secondary N) is 1. The number of quaternary nitrogens is 1. The van der Waals surface area contributed by atoms with Gasteiger partial charge in [-0.15, -0.1) is 0 Å². The molecule has 52 heavy (non-hydrogen) atoms. The first-order chi connectivity index (χ1) is 24.9. The number of aliphatic hydroxyl groups is 2. The molecule has 9 nitrogen and oxygen atoms in total. The Bertz CT molecular complexity index is 1140. The van der Waals surface area contributed by atoms with Crippen molar-refractivity contribution in [2.45, 2.75) is 135 Å². The van der Waals surface area contributed by atoms with Crippen LogP contribution >= 0.6 is 7.82 Å². The Balaban J connectivity index is 4.76. The molecule has 298 valence electrons. The lowest BCUT2D eigenvalue weighted by Crippen LogP contribution is -2.45. The zero-order chi connectivity index (χ0) is 38.8. The number of amides is 1. The van der Waals surface area contributed by atoms with Gasteiger partial charge in [-0.1, -0.05) is 131 Å². The molecule has 10 heteroatoms. The van der Waals surface area contributed by atoms with E-state index in [1.165, 1.54) is 38.5 Å². The van der Waals surface area contributed by atoms with E-state index in [1.54, 1.807) is 12.2 Å². The summed E-state index contributed by atoms with van der Waals surface area (Å²) in [5.41, 5.74) is 0. The van der Waals surface area contributed by atoms with Crippen molar-refractivity contribution in [1.82, 2.24) is 5.32 Å². The predicted octanol–water partition coefficient (Wildman–Crippen LogP) is 9.21. The number of phosphoric ester groups is 1. The second-order valence-electron chi connectivity index (χ2n) is 14.1. The number of allylic oxidation sites excluding steroid dienone is 11. The van der Waals surface area contributed by atoms with Gasteiger partial charge in [-0.25, -0.2) is 4.57 Å². The fourth-order valence-electron chi connectivity index (χ4n) is 4.76. The molecule has 0 aromatic heterocycles. The number of likely N-dealkylation sites (N-methyl/N-ethyl adjacent to an activating group) is 1. The maximum absolute atomic E-state index is 12.8. The first-order valence-electron chi connectivity index (χ1n) is 19.6. The van der Waals surface area contributed by atoms with E-state index >= 15 is 0 Å². The van der Waals surface area contributed by atoms with Crippen molar-refractivity contribution in [3.63, 3.8) is 0 Å². The van der Waals surface area contributed by atoms with Gasteiger partial charge in [-0.3, -0.25) is 13.8 Å². The third kappa shape index (κ3) is 34.7. The van der Waals surface area contributed by atoms with Crippen LogP contribution in [0.25, 0.3) is 0 Å². The molecule has 0 saturated carbocycles. The van der Waals surface area contributed by atoms with Crippen LogP contribution in [0.15, 0.2) is 85.1 Å². The number of aliphatic hydroxyl groups excluding tert-OH is 2. The van der Waals surface area contributed by atoms with Gasteiger partial charge in [0, 0.05) is 6.42 Å². The molecule has 4 N–H and O–H groups in total. The summed E-state index contributed by atoms with van der Waals surface area (Å²) >= 11 is 0. The molecule has 0 aliphatic heterocycles. The van der Waals surface area contributed by atoms with Crippen molar-refractivity contribution in [2.75, 3.05) is 40.9 Å². The number of nitrogens with zero attached hydrogens (tertiary/aromatic N) is 1. The average Bonchev–Trinajstić information content (AvgIpc) is 3.08. The molecule has 0 rings (SSSR count). The summed E-state index contributed by atoms with van der Waals surface area (Å²) in [5, 5.41) is 23.7. The maximum Gasteiger partial charge on any atom is 0.472 e. The number of unbranched alkanes of at least 4 members (excludes halogenated alkanes) is 8. The normalized spacial score (nSPS) is 16.1. The van der Waals surface area contributed by atoms with Crippen molar-refractivity contribution in [2.24, 2.45) is 0 Å². The molecule has 2 unspecified atom stereocenters. The summed E-state index contributed by atoms with van der Waals surface area (Å²) in [6.45, 7) is 4.49. The molecule has 1 amide bonds. The highest BCUT2D eigenvalue weighted by Crippen LogP contribution is 2.43. The largest absolute Gasteiger partial charge is 0.472 e. The van der Waals surface area contributed by atoms with Crippen molar-refractivity contribution in [3.05, 3.63) is 85.1 Å². The van der Waals surface area contributed by atoms with E-state index in [4.69, 9.17) is 9.05 Å². The summed E-state index contributed by atoms with van der Waals surface area (Å²) in [7, 11) is 1.46. The van der Waals surface area contributed by atoms with Gasteiger partial charge < -0.3 is 24.9 Å². The number of carbonyl (C=O) groups is 1. The van der Waals surface area contributed by atoms with Crippen molar-refractivity contribution >= 4 is 13.7 Å². The quantitative estimate of drug-likeness (QED) is 0.0173. The van der Waals surface area contributed by atoms with Gasteiger partial charge in [-0.05, 0) is 64.2 Å². The standard InChI is InChI=1S/C42H73N2O7P/c1-6-8-10-12-14-15-16-17-18-22-26-30-34-41(46)40(38-51-52(48,49)50-37-36-44(3,4)5)43-42(47)35-31-27-23-20-19-21-25-29-33-39(45)32-28-24-13-11-9-7-2/h9,11,17-18,20-21,23-25,28-30,33-34,39-41,45-46H,6-8,10,12-16,19,22,26-27,31-32,35-38H2,1-5H3,(H-,43,47,48,49)/p+1/b11-9-,18-17-,23-20-,25-21-,28-24-,33-29+,34-30+/t39?,40-,41+/m0/s1. The predicted molar refractivity (Wildman–Crippen MR) is 218 cm³/mol. The average molecular weight is 750 g/mol. The highest BCUT2D eigenvalue weighted by Gasteiger charge is 2.27. The number of hydrogen-bond donors (Lipinski definition) is 4. The lowest BCUT2D eigenvalue weighted by atomic mass is 10.1. The molecule has 0 heterocycles. The van der Waals surface area contributed by atoms with E-state index in [1.807, 2.05) is 63.7 Å². The molecule has 0 aromatic carbocycles. The van der Waals surface area contributed by atoms with E-state index in [-0.39, 0.29) is 25.5 Å². The summed E-state index contributed by atoms with van der Waals surface area (Å²) in [6.07, 6.45) is 41.2. The molecule has 0 bridgehead atoms. The Morgan fingerprint density at radius 1 is 0.731 bits per heavy atom. The van der Waals surface area contributed by atoms with Gasteiger partial charge in [0.25, 0.3) is 0 Å². The summed E-state index contributed by atoms with van der Waals surface area (Å²) in [6, 6.07) is -0.916. The monoisotopic (exact) mass is 750 g/mol. The second kappa shape index (κ2) is 33.2. The number of hydrogen-bond acceptors (Lipinski definition) is 6. The van der Waals surface area contributed by atoms with Crippen LogP contribution in [0.1, 0.15) is 117 Å². The van der Waals surface area contributed by atoms with Crippen LogP contribution in [0.3, 0.4) is 0 Å². The van der Waals surface area contributed by atoms with E-state index < -0.39 is 26.1 Å². The Kier molecular flexibility index (Phi) is 31.7. The van der Waals surface area contributed by atoms with Crippen LogP contribution in [0, 0.1) is 0 Å². The molecule has 0 fully saturated rings. The fraction of sp³-hybridized carbons (Fsp3) is 0.643. The zero-order valence-corrected chi connectivity index (χ0v) is 34.0. The van der Waals surface area contributed by atoms with E-state index in [9.17, 15) is 24.5 Å². The smallest absolute Gasteiger partial charge is 0.389 e. The number of carbonyl (C=O) groups excluding carboxylic acids is 1. The van der Waals surface area contributed by atoms with Crippen LogP contribution in [-0.2, 0) is 18.4 Å². The van der Waals surface area contributed by atoms with E-state index in [0.29, 0.717) is 30.3 Å². The molecule has 0 saturated heterocycles. The Labute approximate surface area is 317 Å². The first kappa shape index (κ1) is 49.6. The van der Waals surface area contributed by atoms with Gasteiger partial charge in [0.05, 0.1) is 46.0 Å². The van der Waals surface area contributed by atoms with E-state index in [0.717, 1.165) is 38.5 Å². The summed E-state index contributed by atoms with van der Waals surface area (Å²) in [4.78, 5) is 23.0. The highest BCUT2D eigenvalue weighted by atomic mass is 31.2. The molecule has 0 radical (unpaired) electrons. The molecule has 0 aliphatic rings. The summed E-state index contributed by atoms with van der Waals surface area (Å²) < 4.78 is 23.4. The SMILES string of the molecule is CC/C=C\C/C=C\CC(O)/C=C/C=C\C/C=C\CCCC(=O)N[C@@H](COP(=O)(O)OCC[N+](C)(C)C)[C@H](O)/C=C/CC/C=C\CCCCCCCC. The molecular weight excluding hydrogens is 675 g/mol.